The number of benzene rings is 1. The van der Waals surface area contributed by atoms with E-state index in [1.54, 1.807) is 7.05 Å². The van der Waals surface area contributed by atoms with Crippen LogP contribution in [0.2, 0.25) is 0 Å². The normalized spacial score (nSPS) is 10.1. The molecule has 17 heavy (non-hydrogen) atoms. The number of nitrogens with two attached hydrogens (primary N) is 1. The number of hydrazine groups is 1. The predicted octanol–water partition coefficient (Wildman–Crippen LogP) is 1.79. The van der Waals surface area contributed by atoms with Crippen LogP contribution >= 0.6 is 0 Å². The molecule has 1 rings (SSSR count). The van der Waals surface area contributed by atoms with Gasteiger partial charge in [0.15, 0.2) is 0 Å². The molecular weight excluding hydrogens is 216 g/mol. The molecular formula is C13H20N2O2. The highest BCUT2D eigenvalue weighted by Gasteiger charge is 2.04. The van der Waals surface area contributed by atoms with Crippen LogP contribution < -0.4 is 10.6 Å². The number of hydrogen-bond donors (Lipinski definition) is 1. The summed E-state index contributed by atoms with van der Waals surface area (Å²) in [6.45, 7) is 4.57. The Kier molecular flexibility index (Phi) is 4.97. The van der Waals surface area contributed by atoms with Crippen LogP contribution in [-0.4, -0.2) is 24.6 Å². The van der Waals surface area contributed by atoms with E-state index in [9.17, 15) is 4.79 Å². The third kappa shape index (κ3) is 4.44. The van der Waals surface area contributed by atoms with Gasteiger partial charge in [-0.05, 0) is 37.5 Å². The number of carbonyl (C=O) groups is 1. The molecule has 0 aliphatic rings. The highest BCUT2D eigenvalue weighted by molar-refractivity contribution is 5.75. The third-order valence-corrected chi connectivity index (χ3v) is 2.53. The number of rotatable bonds is 5. The molecule has 0 saturated carbocycles. The second-order valence-electron chi connectivity index (χ2n) is 4.23. The molecule has 1 aromatic rings. The molecule has 0 aliphatic carbocycles. The average molecular weight is 236 g/mol. The fourth-order valence-electron chi connectivity index (χ4n) is 1.44. The van der Waals surface area contributed by atoms with Gasteiger partial charge in [-0.3, -0.25) is 9.80 Å². The number of ether oxygens (including phenoxy) is 1. The number of aryl methyl sites for hydroxylation is 2. The Hall–Kier alpha value is -1.55. The summed E-state index contributed by atoms with van der Waals surface area (Å²) in [6.07, 6.45) is 1.09. The van der Waals surface area contributed by atoms with Gasteiger partial charge in [0.1, 0.15) is 5.75 Å². The fourth-order valence-corrected chi connectivity index (χ4v) is 1.44. The van der Waals surface area contributed by atoms with Crippen LogP contribution in [0.3, 0.4) is 0 Å². The first-order chi connectivity index (χ1) is 8.00. The van der Waals surface area contributed by atoms with Gasteiger partial charge in [-0.15, -0.1) is 0 Å². The SMILES string of the molecule is Cc1ccc(C)c(OCCCC(=O)N(C)N)c1. The standard InChI is InChI=1S/C13H20N2O2/c1-10-6-7-11(2)12(9-10)17-8-4-5-13(16)15(3)14/h6-7,9H,4-5,8,14H2,1-3H3. The molecule has 1 aromatic carbocycles. The zero-order valence-electron chi connectivity index (χ0n) is 10.7. The largest absolute Gasteiger partial charge is 0.493 e. The van der Waals surface area contributed by atoms with Crippen LogP contribution in [0, 0.1) is 13.8 Å². The Balaban J connectivity index is 2.36. The molecule has 0 spiro atoms. The zero-order chi connectivity index (χ0) is 12.8. The van der Waals surface area contributed by atoms with E-state index in [4.69, 9.17) is 10.6 Å². The van der Waals surface area contributed by atoms with Crippen LogP contribution in [0.5, 0.6) is 5.75 Å². The van der Waals surface area contributed by atoms with Gasteiger partial charge in [0.2, 0.25) is 5.91 Å². The second-order valence-corrected chi connectivity index (χ2v) is 4.23. The van der Waals surface area contributed by atoms with E-state index < -0.39 is 0 Å². The first-order valence-electron chi connectivity index (χ1n) is 5.72. The minimum absolute atomic E-state index is 0.0745. The molecule has 1 amide bonds. The van der Waals surface area contributed by atoms with Crippen LogP contribution in [0.15, 0.2) is 18.2 Å². The molecule has 4 heteroatoms. The van der Waals surface area contributed by atoms with Crippen LogP contribution in [-0.2, 0) is 4.79 Å². The summed E-state index contributed by atoms with van der Waals surface area (Å²) >= 11 is 0. The van der Waals surface area contributed by atoms with Crippen LogP contribution in [0.4, 0.5) is 0 Å². The Bertz CT molecular complexity index is 389. The van der Waals surface area contributed by atoms with Crippen molar-refractivity contribution in [3.63, 3.8) is 0 Å². The molecule has 0 heterocycles. The molecule has 0 aromatic heterocycles. The lowest BCUT2D eigenvalue weighted by atomic mass is 10.1. The van der Waals surface area contributed by atoms with Crippen molar-refractivity contribution in [2.24, 2.45) is 5.84 Å². The summed E-state index contributed by atoms with van der Waals surface area (Å²) < 4.78 is 5.64. The molecule has 0 saturated heterocycles. The summed E-state index contributed by atoms with van der Waals surface area (Å²) in [6, 6.07) is 6.09. The maximum atomic E-state index is 11.2. The molecule has 0 fully saturated rings. The fraction of sp³-hybridized carbons (Fsp3) is 0.462. The van der Waals surface area contributed by atoms with E-state index in [-0.39, 0.29) is 5.91 Å². The van der Waals surface area contributed by atoms with E-state index in [1.165, 1.54) is 5.56 Å². The number of hydrogen-bond acceptors (Lipinski definition) is 3. The molecule has 0 unspecified atom stereocenters. The average Bonchev–Trinajstić information content (AvgIpc) is 2.28. The molecule has 0 atom stereocenters. The van der Waals surface area contributed by atoms with E-state index in [0.29, 0.717) is 19.4 Å². The van der Waals surface area contributed by atoms with Gasteiger partial charge in [-0.1, -0.05) is 12.1 Å². The summed E-state index contributed by atoms with van der Waals surface area (Å²) in [5.74, 6) is 6.13. The highest BCUT2D eigenvalue weighted by atomic mass is 16.5. The third-order valence-electron chi connectivity index (χ3n) is 2.53. The van der Waals surface area contributed by atoms with Gasteiger partial charge in [0.05, 0.1) is 6.61 Å². The molecule has 94 valence electrons. The van der Waals surface area contributed by atoms with Crippen LogP contribution in [0.25, 0.3) is 0 Å². The molecule has 0 bridgehead atoms. The Labute approximate surface area is 102 Å². The quantitative estimate of drug-likeness (QED) is 0.367. The van der Waals surface area contributed by atoms with E-state index >= 15 is 0 Å². The van der Waals surface area contributed by atoms with E-state index in [0.717, 1.165) is 16.3 Å². The number of nitrogens with zero attached hydrogens (tertiary/aromatic N) is 1. The summed E-state index contributed by atoms with van der Waals surface area (Å²) in [7, 11) is 1.55. The molecule has 0 radical (unpaired) electrons. The Morgan fingerprint density at radius 3 is 2.76 bits per heavy atom. The van der Waals surface area contributed by atoms with E-state index in [1.807, 2.05) is 26.0 Å². The van der Waals surface area contributed by atoms with Crippen molar-refractivity contribution in [2.45, 2.75) is 26.7 Å². The predicted molar refractivity (Wildman–Crippen MR) is 67.6 cm³/mol. The van der Waals surface area contributed by atoms with Crippen molar-refractivity contribution in [3.8, 4) is 5.75 Å². The monoisotopic (exact) mass is 236 g/mol. The van der Waals surface area contributed by atoms with Crippen molar-refractivity contribution in [1.29, 1.82) is 0 Å². The van der Waals surface area contributed by atoms with Crippen molar-refractivity contribution in [1.82, 2.24) is 5.01 Å². The van der Waals surface area contributed by atoms with Crippen LogP contribution in [0.1, 0.15) is 24.0 Å². The van der Waals surface area contributed by atoms with Gasteiger partial charge >= 0.3 is 0 Å². The van der Waals surface area contributed by atoms with Gasteiger partial charge in [0, 0.05) is 13.5 Å². The summed E-state index contributed by atoms with van der Waals surface area (Å²) in [5, 5.41) is 1.11. The van der Waals surface area contributed by atoms with Crippen molar-refractivity contribution < 1.29 is 9.53 Å². The number of amides is 1. The first-order valence-corrected chi connectivity index (χ1v) is 5.72. The van der Waals surface area contributed by atoms with Crippen molar-refractivity contribution in [2.75, 3.05) is 13.7 Å². The summed E-state index contributed by atoms with van der Waals surface area (Å²) in [4.78, 5) is 11.2. The topological polar surface area (TPSA) is 55.6 Å². The lowest BCUT2D eigenvalue weighted by Gasteiger charge is -2.11. The lowest BCUT2D eigenvalue weighted by Crippen LogP contribution is -2.33. The van der Waals surface area contributed by atoms with Crippen molar-refractivity contribution >= 4 is 5.91 Å². The van der Waals surface area contributed by atoms with Gasteiger partial charge in [0.25, 0.3) is 0 Å². The maximum Gasteiger partial charge on any atom is 0.236 e. The first kappa shape index (κ1) is 13.5. The highest BCUT2D eigenvalue weighted by Crippen LogP contribution is 2.19. The van der Waals surface area contributed by atoms with Gasteiger partial charge in [-0.2, -0.15) is 0 Å². The maximum absolute atomic E-state index is 11.2. The minimum Gasteiger partial charge on any atom is -0.493 e. The zero-order valence-corrected chi connectivity index (χ0v) is 10.7. The Morgan fingerprint density at radius 1 is 1.41 bits per heavy atom. The molecule has 0 aliphatic heterocycles. The second kappa shape index (κ2) is 6.25. The Morgan fingerprint density at radius 2 is 2.12 bits per heavy atom. The van der Waals surface area contributed by atoms with Gasteiger partial charge < -0.3 is 4.74 Å². The molecule has 2 N–H and O–H groups in total. The minimum atomic E-state index is -0.0745. The summed E-state index contributed by atoms with van der Waals surface area (Å²) in [5.41, 5.74) is 2.28. The van der Waals surface area contributed by atoms with Crippen molar-refractivity contribution in [3.05, 3.63) is 29.3 Å². The number of carbonyl (C=O) groups excluding carboxylic acids is 1. The van der Waals surface area contributed by atoms with Gasteiger partial charge in [-0.25, -0.2) is 5.84 Å². The smallest absolute Gasteiger partial charge is 0.236 e. The lowest BCUT2D eigenvalue weighted by molar-refractivity contribution is -0.130. The van der Waals surface area contributed by atoms with E-state index in [2.05, 4.69) is 6.07 Å². The molecule has 4 nitrogen and oxygen atoms in total.